The lowest BCUT2D eigenvalue weighted by molar-refractivity contribution is 0.281. The molecule has 1 heterocycles. The molecule has 0 bridgehead atoms. The van der Waals surface area contributed by atoms with E-state index in [9.17, 15) is 0 Å². The molecular weight excluding hydrogens is 266 g/mol. The zero-order chi connectivity index (χ0) is 14.7. The largest absolute Gasteiger partial charge is 0.497 e. The average molecular weight is 281 g/mol. The number of benzene rings is 2. The number of nitrogens with zero attached hydrogens (tertiary/aromatic N) is 1. The molecule has 0 amide bonds. The number of fused-ring (bicyclic) bond motifs is 1. The molecule has 2 aromatic carbocycles. The number of ether oxygens (including phenoxy) is 2. The summed E-state index contributed by atoms with van der Waals surface area (Å²) in [7, 11) is 1.64. The highest BCUT2D eigenvalue weighted by Crippen LogP contribution is 2.30. The third-order valence-corrected chi connectivity index (χ3v) is 3.26. The van der Waals surface area contributed by atoms with Crippen molar-refractivity contribution in [3.05, 3.63) is 60.3 Å². The molecule has 106 valence electrons. The molecule has 0 unspecified atom stereocenters. The lowest BCUT2D eigenvalue weighted by Gasteiger charge is -2.09. The van der Waals surface area contributed by atoms with Crippen LogP contribution in [-0.4, -0.2) is 17.2 Å². The van der Waals surface area contributed by atoms with Gasteiger partial charge in [0.15, 0.2) is 0 Å². The normalized spacial score (nSPS) is 10.6. The number of aliphatic hydroxyl groups excluding tert-OH is 1. The second-order valence-corrected chi connectivity index (χ2v) is 4.61. The van der Waals surface area contributed by atoms with Crippen LogP contribution in [0.4, 0.5) is 0 Å². The van der Waals surface area contributed by atoms with Gasteiger partial charge in [0.25, 0.3) is 0 Å². The van der Waals surface area contributed by atoms with E-state index >= 15 is 0 Å². The average Bonchev–Trinajstić information content (AvgIpc) is 2.55. The molecule has 21 heavy (non-hydrogen) atoms. The van der Waals surface area contributed by atoms with Gasteiger partial charge in [-0.25, -0.2) is 4.98 Å². The summed E-state index contributed by atoms with van der Waals surface area (Å²) in [5.74, 6) is 2.03. The maximum Gasteiger partial charge on any atom is 0.227 e. The van der Waals surface area contributed by atoms with E-state index in [-0.39, 0.29) is 6.61 Å². The van der Waals surface area contributed by atoms with Gasteiger partial charge < -0.3 is 14.6 Å². The summed E-state index contributed by atoms with van der Waals surface area (Å²) >= 11 is 0. The Balaban J connectivity index is 1.95. The van der Waals surface area contributed by atoms with Crippen molar-refractivity contribution in [3.8, 4) is 17.4 Å². The molecule has 0 aliphatic carbocycles. The monoisotopic (exact) mass is 281 g/mol. The predicted octanol–water partition coefficient (Wildman–Crippen LogP) is 3.53. The molecule has 0 radical (unpaired) electrons. The Morgan fingerprint density at radius 1 is 1.00 bits per heavy atom. The molecule has 0 saturated heterocycles. The third kappa shape index (κ3) is 2.80. The first kappa shape index (κ1) is 13.4. The summed E-state index contributed by atoms with van der Waals surface area (Å²) in [4.78, 5) is 4.29. The van der Waals surface area contributed by atoms with Crippen LogP contribution >= 0.6 is 0 Å². The number of aromatic nitrogens is 1. The molecular formula is C17H15NO3. The summed E-state index contributed by atoms with van der Waals surface area (Å²) in [6.07, 6.45) is 1.71. The first-order chi connectivity index (χ1) is 10.3. The van der Waals surface area contributed by atoms with E-state index in [0.29, 0.717) is 11.6 Å². The van der Waals surface area contributed by atoms with Crippen LogP contribution in [0.15, 0.2) is 54.7 Å². The van der Waals surface area contributed by atoms with Crippen molar-refractivity contribution < 1.29 is 14.6 Å². The van der Waals surface area contributed by atoms with E-state index in [2.05, 4.69) is 4.98 Å². The van der Waals surface area contributed by atoms with Gasteiger partial charge in [-0.1, -0.05) is 12.1 Å². The van der Waals surface area contributed by atoms with Crippen LogP contribution in [0, 0.1) is 0 Å². The maximum absolute atomic E-state index is 9.04. The van der Waals surface area contributed by atoms with Crippen LogP contribution < -0.4 is 9.47 Å². The van der Waals surface area contributed by atoms with Crippen LogP contribution in [0.1, 0.15) is 5.56 Å². The minimum Gasteiger partial charge on any atom is -0.497 e. The zero-order valence-corrected chi connectivity index (χ0v) is 11.6. The Bertz CT molecular complexity index is 754. The minimum atomic E-state index is 0.0204. The van der Waals surface area contributed by atoms with Gasteiger partial charge in [-0.2, -0.15) is 0 Å². The van der Waals surface area contributed by atoms with Crippen LogP contribution in [0.25, 0.3) is 10.8 Å². The molecule has 0 spiro atoms. The molecule has 1 aromatic heterocycles. The summed E-state index contributed by atoms with van der Waals surface area (Å²) < 4.78 is 11.1. The van der Waals surface area contributed by atoms with Crippen LogP contribution in [-0.2, 0) is 6.61 Å². The Morgan fingerprint density at radius 2 is 1.76 bits per heavy atom. The number of hydrogen-bond donors (Lipinski definition) is 1. The van der Waals surface area contributed by atoms with Crippen LogP contribution in [0.2, 0.25) is 0 Å². The van der Waals surface area contributed by atoms with E-state index in [0.717, 1.165) is 22.1 Å². The van der Waals surface area contributed by atoms with E-state index < -0.39 is 0 Å². The SMILES string of the molecule is COc1ccc2c(Oc3ccc(CO)cc3)nccc2c1. The molecule has 4 heteroatoms. The second-order valence-electron chi connectivity index (χ2n) is 4.61. The third-order valence-electron chi connectivity index (χ3n) is 3.26. The fourth-order valence-electron chi connectivity index (χ4n) is 2.11. The molecule has 0 fully saturated rings. The molecule has 0 aliphatic heterocycles. The molecule has 0 atom stereocenters. The molecule has 1 N–H and O–H groups in total. The Morgan fingerprint density at radius 3 is 2.48 bits per heavy atom. The van der Waals surface area contributed by atoms with Crippen LogP contribution in [0.3, 0.4) is 0 Å². The van der Waals surface area contributed by atoms with Gasteiger partial charge in [0.2, 0.25) is 5.88 Å². The first-order valence-corrected chi connectivity index (χ1v) is 6.60. The highest BCUT2D eigenvalue weighted by Gasteiger charge is 2.06. The van der Waals surface area contributed by atoms with Crippen molar-refractivity contribution in [2.45, 2.75) is 6.61 Å². The van der Waals surface area contributed by atoms with Gasteiger partial charge in [0.05, 0.1) is 13.7 Å². The fraction of sp³-hybridized carbons (Fsp3) is 0.118. The van der Waals surface area contributed by atoms with E-state index in [4.69, 9.17) is 14.6 Å². The maximum atomic E-state index is 9.04. The fourth-order valence-corrected chi connectivity index (χ4v) is 2.11. The number of pyridine rings is 1. The van der Waals surface area contributed by atoms with Crippen molar-refractivity contribution >= 4 is 10.8 Å². The van der Waals surface area contributed by atoms with Gasteiger partial charge in [-0.15, -0.1) is 0 Å². The highest BCUT2D eigenvalue weighted by molar-refractivity contribution is 5.88. The Kier molecular flexibility index (Phi) is 3.71. The molecule has 3 rings (SSSR count). The molecule has 0 saturated carbocycles. The molecule has 4 nitrogen and oxygen atoms in total. The summed E-state index contributed by atoms with van der Waals surface area (Å²) in [6, 6.07) is 14.9. The van der Waals surface area contributed by atoms with Gasteiger partial charge in [0.1, 0.15) is 11.5 Å². The summed E-state index contributed by atoms with van der Waals surface area (Å²) in [6.45, 7) is 0.0204. The van der Waals surface area contributed by atoms with E-state index in [1.165, 1.54) is 0 Å². The zero-order valence-electron chi connectivity index (χ0n) is 11.6. The predicted molar refractivity (Wildman–Crippen MR) is 80.7 cm³/mol. The van der Waals surface area contributed by atoms with E-state index in [1.807, 2.05) is 48.5 Å². The Labute approximate surface area is 122 Å². The quantitative estimate of drug-likeness (QED) is 0.795. The van der Waals surface area contributed by atoms with Crippen molar-refractivity contribution in [1.29, 1.82) is 0 Å². The number of aliphatic hydroxyl groups is 1. The summed E-state index contributed by atoms with van der Waals surface area (Å²) in [5, 5.41) is 11.0. The van der Waals surface area contributed by atoms with Gasteiger partial charge in [-0.3, -0.25) is 0 Å². The highest BCUT2D eigenvalue weighted by atomic mass is 16.5. The van der Waals surface area contributed by atoms with Crippen molar-refractivity contribution in [3.63, 3.8) is 0 Å². The lowest BCUT2D eigenvalue weighted by Crippen LogP contribution is -1.91. The van der Waals surface area contributed by atoms with Crippen molar-refractivity contribution in [1.82, 2.24) is 4.98 Å². The lowest BCUT2D eigenvalue weighted by atomic mass is 10.1. The topological polar surface area (TPSA) is 51.6 Å². The number of rotatable bonds is 4. The first-order valence-electron chi connectivity index (χ1n) is 6.60. The van der Waals surface area contributed by atoms with Gasteiger partial charge in [0, 0.05) is 11.6 Å². The smallest absolute Gasteiger partial charge is 0.227 e. The molecule has 3 aromatic rings. The standard InChI is InChI=1S/C17H15NO3/c1-20-15-6-7-16-13(10-15)8-9-18-17(16)21-14-4-2-12(11-19)3-5-14/h2-10,19H,11H2,1H3. The van der Waals surface area contributed by atoms with Gasteiger partial charge >= 0.3 is 0 Å². The number of hydrogen-bond acceptors (Lipinski definition) is 4. The number of methoxy groups -OCH3 is 1. The summed E-state index contributed by atoms with van der Waals surface area (Å²) in [5.41, 5.74) is 0.845. The second kappa shape index (κ2) is 5.81. The minimum absolute atomic E-state index is 0.0204. The van der Waals surface area contributed by atoms with Crippen molar-refractivity contribution in [2.75, 3.05) is 7.11 Å². The van der Waals surface area contributed by atoms with Crippen LogP contribution in [0.5, 0.6) is 17.4 Å². The Hall–Kier alpha value is -2.59. The van der Waals surface area contributed by atoms with Gasteiger partial charge in [-0.05, 0) is 47.3 Å². The van der Waals surface area contributed by atoms with Crippen molar-refractivity contribution in [2.24, 2.45) is 0 Å². The van der Waals surface area contributed by atoms with E-state index in [1.54, 1.807) is 13.3 Å². The molecule has 0 aliphatic rings.